The lowest BCUT2D eigenvalue weighted by Gasteiger charge is -2.32. The first-order valence-electron chi connectivity index (χ1n) is 5.92. The molecule has 1 N–H and O–H groups in total. The zero-order chi connectivity index (χ0) is 15.0. The molecular formula is C11H13F3N2O3S. The van der Waals surface area contributed by atoms with Crippen LogP contribution in [0, 0.1) is 5.92 Å². The highest BCUT2D eigenvalue weighted by atomic mass is 32.2. The van der Waals surface area contributed by atoms with Crippen LogP contribution in [0.3, 0.4) is 0 Å². The number of piperidine rings is 1. The van der Waals surface area contributed by atoms with E-state index in [0.29, 0.717) is 0 Å². The van der Waals surface area contributed by atoms with Crippen molar-refractivity contribution < 1.29 is 26.7 Å². The first kappa shape index (κ1) is 15.0. The number of halogens is 3. The zero-order valence-electron chi connectivity index (χ0n) is 10.3. The average molecular weight is 310 g/mol. The Morgan fingerprint density at radius 3 is 2.35 bits per heavy atom. The van der Waals surface area contributed by atoms with E-state index in [1.54, 1.807) is 0 Å². The zero-order valence-corrected chi connectivity index (χ0v) is 11.2. The van der Waals surface area contributed by atoms with Crippen LogP contribution in [0.15, 0.2) is 23.4 Å². The second kappa shape index (κ2) is 5.21. The number of aromatic nitrogens is 1. The molecule has 0 amide bonds. The van der Waals surface area contributed by atoms with E-state index < -0.39 is 22.1 Å². The van der Waals surface area contributed by atoms with E-state index in [9.17, 15) is 26.7 Å². The summed E-state index contributed by atoms with van der Waals surface area (Å²) in [7, 11) is -3.91. The molecule has 1 fully saturated rings. The highest BCUT2D eigenvalue weighted by molar-refractivity contribution is 7.89. The largest absolute Gasteiger partial charge is 0.506 e. The van der Waals surface area contributed by atoms with Gasteiger partial charge in [0, 0.05) is 25.4 Å². The smallest absolute Gasteiger partial charge is 0.391 e. The number of aromatic hydroxyl groups is 1. The molecule has 2 rings (SSSR count). The molecule has 1 saturated heterocycles. The third-order valence-corrected chi connectivity index (χ3v) is 5.12. The van der Waals surface area contributed by atoms with E-state index in [-0.39, 0.29) is 36.6 Å². The van der Waals surface area contributed by atoms with Gasteiger partial charge in [0.25, 0.3) is 0 Å². The molecule has 2 heterocycles. The van der Waals surface area contributed by atoms with Gasteiger partial charge in [0.05, 0.1) is 12.1 Å². The lowest BCUT2D eigenvalue weighted by Crippen LogP contribution is -2.42. The Morgan fingerprint density at radius 1 is 1.25 bits per heavy atom. The topological polar surface area (TPSA) is 70.5 Å². The number of alkyl halides is 3. The van der Waals surface area contributed by atoms with Gasteiger partial charge in [-0.15, -0.1) is 0 Å². The molecule has 0 aliphatic carbocycles. The predicted molar refractivity (Wildman–Crippen MR) is 63.4 cm³/mol. The van der Waals surface area contributed by atoms with E-state index >= 15 is 0 Å². The van der Waals surface area contributed by atoms with Gasteiger partial charge in [-0.05, 0) is 12.8 Å². The Hall–Kier alpha value is -1.35. The van der Waals surface area contributed by atoms with E-state index in [1.807, 2.05) is 0 Å². The highest BCUT2D eigenvalue weighted by Crippen LogP contribution is 2.35. The monoisotopic (exact) mass is 310 g/mol. The van der Waals surface area contributed by atoms with Crippen molar-refractivity contribution in [1.82, 2.24) is 9.29 Å². The first-order valence-corrected chi connectivity index (χ1v) is 7.36. The number of nitrogens with zero attached hydrogens (tertiary/aromatic N) is 2. The van der Waals surface area contributed by atoms with Crippen molar-refractivity contribution >= 4 is 10.0 Å². The van der Waals surface area contributed by atoms with Gasteiger partial charge in [-0.1, -0.05) is 0 Å². The number of rotatable bonds is 2. The van der Waals surface area contributed by atoms with E-state index in [0.717, 1.165) is 22.8 Å². The molecule has 0 unspecified atom stereocenters. The maximum absolute atomic E-state index is 12.5. The SMILES string of the molecule is O=S(=O)(c1cncc(O)c1)N1CCC(C(F)(F)F)CC1. The Balaban J connectivity index is 2.14. The summed E-state index contributed by atoms with van der Waals surface area (Å²) in [6.45, 7) is -0.385. The van der Waals surface area contributed by atoms with E-state index in [1.165, 1.54) is 0 Å². The van der Waals surface area contributed by atoms with Crippen molar-refractivity contribution in [1.29, 1.82) is 0 Å². The van der Waals surface area contributed by atoms with E-state index in [4.69, 9.17) is 0 Å². The summed E-state index contributed by atoms with van der Waals surface area (Å²) in [6.07, 6.45) is -2.66. The second-order valence-electron chi connectivity index (χ2n) is 4.60. The van der Waals surface area contributed by atoms with Crippen LogP contribution < -0.4 is 0 Å². The Labute approximate surface area is 114 Å². The van der Waals surface area contributed by atoms with Gasteiger partial charge in [-0.25, -0.2) is 8.42 Å². The van der Waals surface area contributed by atoms with Crippen molar-refractivity contribution in [3.63, 3.8) is 0 Å². The van der Waals surface area contributed by atoms with Crippen molar-refractivity contribution in [2.24, 2.45) is 5.92 Å². The van der Waals surface area contributed by atoms with Gasteiger partial charge < -0.3 is 5.11 Å². The standard InChI is InChI=1S/C11H13F3N2O3S/c12-11(13,14)8-1-3-16(4-2-8)20(18,19)10-5-9(17)6-15-7-10/h5-8,17H,1-4H2. The molecule has 0 atom stereocenters. The Bertz CT molecular complexity index is 581. The summed E-state index contributed by atoms with van der Waals surface area (Å²) in [5.74, 6) is -1.77. The van der Waals surface area contributed by atoms with Gasteiger partial charge in [-0.3, -0.25) is 4.98 Å². The molecule has 0 bridgehead atoms. The lowest BCUT2D eigenvalue weighted by molar-refractivity contribution is -0.182. The molecule has 5 nitrogen and oxygen atoms in total. The van der Waals surface area contributed by atoms with Crippen LogP contribution in [-0.2, 0) is 10.0 Å². The Kier molecular flexibility index (Phi) is 3.92. The van der Waals surface area contributed by atoms with Crippen LogP contribution in [0.25, 0.3) is 0 Å². The minimum absolute atomic E-state index is 0.192. The Morgan fingerprint density at radius 2 is 1.85 bits per heavy atom. The fourth-order valence-electron chi connectivity index (χ4n) is 2.12. The lowest BCUT2D eigenvalue weighted by atomic mass is 9.98. The summed E-state index contributed by atoms with van der Waals surface area (Å²) in [5, 5.41) is 9.23. The summed E-state index contributed by atoms with van der Waals surface area (Å²) >= 11 is 0. The van der Waals surface area contributed by atoms with Gasteiger partial charge in [0.2, 0.25) is 10.0 Å². The van der Waals surface area contributed by atoms with Crippen LogP contribution in [0.4, 0.5) is 13.2 Å². The number of sulfonamides is 1. The summed E-state index contributed by atoms with van der Waals surface area (Å²) in [5.41, 5.74) is 0. The average Bonchev–Trinajstić information content (AvgIpc) is 2.38. The minimum Gasteiger partial charge on any atom is -0.506 e. The van der Waals surface area contributed by atoms with Crippen LogP contribution in [0.5, 0.6) is 5.75 Å². The van der Waals surface area contributed by atoms with Gasteiger partial charge in [0.1, 0.15) is 10.6 Å². The number of pyridine rings is 1. The maximum Gasteiger partial charge on any atom is 0.391 e. The molecule has 112 valence electrons. The first-order chi connectivity index (χ1) is 9.21. The fraction of sp³-hybridized carbons (Fsp3) is 0.545. The third kappa shape index (κ3) is 3.04. The van der Waals surface area contributed by atoms with Crippen LogP contribution in [0.2, 0.25) is 0 Å². The number of hydrogen-bond donors (Lipinski definition) is 1. The molecule has 20 heavy (non-hydrogen) atoms. The van der Waals surface area contributed by atoms with Crippen LogP contribution in [0.1, 0.15) is 12.8 Å². The molecule has 0 saturated carbocycles. The van der Waals surface area contributed by atoms with Crippen molar-refractivity contribution in [2.45, 2.75) is 23.9 Å². The van der Waals surface area contributed by atoms with Crippen molar-refractivity contribution in [2.75, 3.05) is 13.1 Å². The van der Waals surface area contributed by atoms with Crippen LogP contribution in [-0.4, -0.2) is 42.1 Å². The minimum atomic E-state index is -4.29. The predicted octanol–water partition coefficient (Wildman–Crippen LogP) is 1.75. The molecule has 0 spiro atoms. The summed E-state index contributed by atoms with van der Waals surface area (Å²) < 4.78 is 63.0. The van der Waals surface area contributed by atoms with Crippen molar-refractivity contribution in [3.05, 3.63) is 18.5 Å². The second-order valence-corrected chi connectivity index (χ2v) is 6.54. The van der Waals surface area contributed by atoms with Gasteiger partial charge >= 0.3 is 6.18 Å². The fourth-order valence-corrected chi connectivity index (χ4v) is 3.57. The molecule has 0 radical (unpaired) electrons. The molecule has 1 aromatic heterocycles. The van der Waals surface area contributed by atoms with Gasteiger partial charge in [-0.2, -0.15) is 17.5 Å². The summed E-state index contributed by atoms with van der Waals surface area (Å²) in [4.78, 5) is 3.34. The number of hydrogen-bond acceptors (Lipinski definition) is 4. The van der Waals surface area contributed by atoms with Gasteiger partial charge in [0.15, 0.2) is 0 Å². The maximum atomic E-state index is 12.5. The molecule has 1 aliphatic heterocycles. The molecular weight excluding hydrogens is 297 g/mol. The normalized spacial score (nSPS) is 19.1. The molecule has 1 aliphatic rings. The van der Waals surface area contributed by atoms with Crippen LogP contribution >= 0.6 is 0 Å². The van der Waals surface area contributed by atoms with E-state index in [2.05, 4.69) is 4.98 Å². The van der Waals surface area contributed by atoms with Crippen molar-refractivity contribution in [3.8, 4) is 5.75 Å². The summed E-state index contributed by atoms with van der Waals surface area (Å²) in [6, 6.07) is 1.03. The molecule has 1 aromatic rings. The molecule has 9 heteroatoms. The third-order valence-electron chi connectivity index (χ3n) is 3.25. The quantitative estimate of drug-likeness (QED) is 0.903. The highest BCUT2D eigenvalue weighted by Gasteiger charge is 2.43. The molecule has 0 aromatic carbocycles.